The Balaban J connectivity index is 1.94. The number of hydrogen-bond acceptors (Lipinski definition) is 2. The van der Waals surface area contributed by atoms with Gasteiger partial charge in [-0.1, -0.05) is 0 Å². The van der Waals surface area contributed by atoms with E-state index in [4.69, 9.17) is 0 Å². The minimum absolute atomic E-state index is 0.894. The summed E-state index contributed by atoms with van der Waals surface area (Å²) in [5, 5.41) is 8.62. The first-order chi connectivity index (χ1) is 6.74. The highest BCUT2D eigenvalue weighted by molar-refractivity contribution is 4.99. The monoisotopic (exact) mass is 190 g/mol. The number of rotatable bonds is 3. The SMILES string of the molecule is Cc1ccn(CCc2ccn(C)n2)n1. The van der Waals surface area contributed by atoms with Gasteiger partial charge in [-0.05, 0) is 19.1 Å². The van der Waals surface area contributed by atoms with E-state index in [9.17, 15) is 0 Å². The van der Waals surface area contributed by atoms with E-state index in [1.54, 1.807) is 0 Å². The van der Waals surface area contributed by atoms with Gasteiger partial charge in [0.1, 0.15) is 0 Å². The van der Waals surface area contributed by atoms with E-state index in [2.05, 4.69) is 10.2 Å². The molecule has 0 unspecified atom stereocenters. The zero-order chi connectivity index (χ0) is 9.97. The smallest absolute Gasteiger partial charge is 0.0642 e. The lowest BCUT2D eigenvalue weighted by molar-refractivity contribution is 0.597. The molecule has 0 bridgehead atoms. The van der Waals surface area contributed by atoms with E-state index in [-0.39, 0.29) is 0 Å². The van der Waals surface area contributed by atoms with E-state index < -0.39 is 0 Å². The molecule has 0 amide bonds. The van der Waals surface area contributed by atoms with Gasteiger partial charge < -0.3 is 0 Å². The zero-order valence-corrected chi connectivity index (χ0v) is 8.51. The van der Waals surface area contributed by atoms with Crippen molar-refractivity contribution in [2.24, 2.45) is 7.05 Å². The van der Waals surface area contributed by atoms with E-state index in [1.807, 2.05) is 47.9 Å². The molecule has 4 heteroatoms. The van der Waals surface area contributed by atoms with Crippen LogP contribution in [0, 0.1) is 6.92 Å². The van der Waals surface area contributed by atoms with Crippen LogP contribution in [0.15, 0.2) is 24.5 Å². The minimum Gasteiger partial charge on any atom is -0.276 e. The van der Waals surface area contributed by atoms with Crippen LogP contribution in [0.2, 0.25) is 0 Å². The second kappa shape index (κ2) is 3.65. The van der Waals surface area contributed by atoms with Crippen molar-refractivity contribution in [3.63, 3.8) is 0 Å². The van der Waals surface area contributed by atoms with Crippen molar-refractivity contribution in [1.29, 1.82) is 0 Å². The molecule has 2 heterocycles. The van der Waals surface area contributed by atoms with Crippen LogP contribution in [0.1, 0.15) is 11.4 Å². The predicted octanol–water partition coefficient (Wildman–Crippen LogP) is 1.17. The Bertz CT molecular complexity index is 373. The number of hydrogen-bond donors (Lipinski definition) is 0. The topological polar surface area (TPSA) is 35.6 Å². The summed E-state index contributed by atoms with van der Waals surface area (Å²) in [6.45, 7) is 2.89. The normalized spacial score (nSPS) is 10.7. The van der Waals surface area contributed by atoms with Crippen molar-refractivity contribution in [1.82, 2.24) is 19.6 Å². The molecule has 0 saturated carbocycles. The molecule has 0 fully saturated rings. The summed E-state index contributed by atoms with van der Waals surface area (Å²) in [6, 6.07) is 4.05. The first-order valence-corrected chi connectivity index (χ1v) is 4.72. The summed E-state index contributed by atoms with van der Waals surface area (Å²) < 4.78 is 3.77. The van der Waals surface area contributed by atoms with E-state index >= 15 is 0 Å². The van der Waals surface area contributed by atoms with Gasteiger partial charge in [0.2, 0.25) is 0 Å². The average Bonchev–Trinajstić information content (AvgIpc) is 2.72. The Morgan fingerprint density at radius 1 is 1.21 bits per heavy atom. The summed E-state index contributed by atoms with van der Waals surface area (Å²) >= 11 is 0. The maximum Gasteiger partial charge on any atom is 0.0642 e. The van der Waals surface area contributed by atoms with Crippen molar-refractivity contribution < 1.29 is 0 Å². The molecule has 4 nitrogen and oxygen atoms in total. The lowest BCUT2D eigenvalue weighted by Gasteiger charge is -1.98. The molecule has 2 aromatic heterocycles. The third-order valence-corrected chi connectivity index (χ3v) is 2.14. The fraction of sp³-hybridized carbons (Fsp3) is 0.400. The third-order valence-electron chi connectivity index (χ3n) is 2.14. The van der Waals surface area contributed by atoms with Crippen LogP contribution in [-0.2, 0) is 20.0 Å². The average molecular weight is 190 g/mol. The molecule has 0 aliphatic rings. The molecule has 0 saturated heterocycles. The van der Waals surface area contributed by atoms with Crippen LogP contribution in [-0.4, -0.2) is 19.6 Å². The highest BCUT2D eigenvalue weighted by Gasteiger charge is 1.98. The van der Waals surface area contributed by atoms with Gasteiger partial charge in [0, 0.05) is 32.4 Å². The highest BCUT2D eigenvalue weighted by atomic mass is 15.3. The van der Waals surface area contributed by atoms with Crippen LogP contribution in [0.25, 0.3) is 0 Å². The lowest BCUT2D eigenvalue weighted by atomic mass is 10.3. The molecule has 74 valence electrons. The Morgan fingerprint density at radius 3 is 2.64 bits per heavy atom. The van der Waals surface area contributed by atoms with Gasteiger partial charge in [-0.2, -0.15) is 10.2 Å². The molecule has 0 spiro atoms. The Kier molecular flexibility index (Phi) is 2.35. The molecule has 2 rings (SSSR count). The van der Waals surface area contributed by atoms with Crippen molar-refractivity contribution in [2.45, 2.75) is 19.9 Å². The summed E-state index contributed by atoms with van der Waals surface area (Å²) in [5.41, 5.74) is 2.17. The van der Waals surface area contributed by atoms with Gasteiger partial charge in [0.15, 0.2) is 0 Å². The van der Waals surface area contributed by atoms with Crippen molar-refractivity contribution >= 4 is 0 Å². The molecule has 14 heavy (non-hydrogen) atoms. The number of nitrogens with zero attached hydrogens (tertiary/aromatic N) is 4. The van der Waals surface area contributed by atoms with Gasteiger partial charge in [-0.25, -0.2) is 0 Å². The Morgan fingerprint density at radius 2 is 2.07 bits per heavy atom. The maximum absolute atomic E-state index is 4.31. The summed E-state index contributed by atoms with van der Waals surface area (Å²) in [6.07, 6.45) is 4.89. The lowest BCUT2D eigenvalue weighted by Crippen LogP contribution is -2.03. The van der Waals surface area contributed by atoms with Gasteiger partial charge in [0.05, 0.1) is 11.4 Å². The number of aryl methyl sites for hydroxylation is 4. The molecular formula is C10H14N4. The standard InChI is InChI=1S/C10H14N4/c1-9-3-7-14(11-9)8-5-10-4-6-13(2)12-10/h3-4,6-7H,5,8H2,1-2H3. The summed E-state index contributed by atoms with van der Waals surface area (Å²) in [7, 11) is 1.93. The molecule has 0 aromatic carbocycles. The second-order valence-corrected chi connectivity index (χ2v) is 3.45. The molecule has 0 N–H and O–H groups in total. The zero-order valence-electron chi connectivity index (χ0n) is 8.51. The quantitative estimate of drug-likeness (QED) is 0.728. The fourth-order valence-corrected chi connectivity index (χ4v) is 1.41. The predicted molar refractivity (Wildman–Crippen MR) is 53.9 cm³/mol. The molecule has 0 radical (unpaired) electrons. The van der Waals surface area contributed by atoms with Crippen LogP contribution in [0.5, 0.6) is 0 Å². The molecule has 0 aliphatic carbocycles. The molecule has 0 aliphatic heterocycles. The highest BCUT2D eigenvalue weighted by Crippen LogP contribution is 1.99. The van der Waals surface area contributed by atoms with Crippen LogP contribution >= 0.6 is 0 Å². The van der Waals surface area contributed by atoms with E-state index in [0.29, 0.717) is 0 Å². The van der Waals surface area contributed by atoms with Crippen molar-refractivity contribution in [3.8, 4) is 0 Å². The number of aromatic nitrogens is 4. The Hall–Kier alpha value is -1.58. The Labute approximate surface area is 83.2 Å². The maximum atomic E-state index is 4.31. The van der Waals surface area contributed by atoms with Gasteiger partial charge in [-0.3, -0.25) is 9.36 Å². The van der Waals surface area contributed by atoms with Gasteiger partial charge in [0.25, 0.3) is 0 Å². The third kappa shape index (κ3) is 2.02. The van der Waals surface area contributed by atoms with Crippen LogP contribution in [0.4, 0.5) is 0 Å². The van der Waals surface area contributed by atoms with E-state index in [1.165, 1.54) is 0 Å². The van der Waals surface area contributed by atoms with Gasteiger partial charge >= 0.3 is 0 Å². The molecule has 0 atom stereocenters. The fourth-order valence-electron chi connectivity index (χ4n) is 1.41. The minimum atomic E-state index is 0.894. The van der Waals surface area contributed by atoms with Gasteiger partial charge in [-0.15, -0.1) is 0 Å². The van der Waals surface area contributed by atoms with E-state index in [0.717, 1.165) is 24.4 Å². The van der Waals surface area contributed by atoms with Crippen molar-refractivity contribution in [2.75, 3.05) is 0 Å². The first kappa shape index (κ1) is 8.99. The largest absolute Gasteiger partial charge is 0.276 e. The van der Waals surface area contributed by atoms with Crippen LogP contribution in [0.3, 0.4) is 0 Å². The molecule has 2 aromatic rings. The summed E-state index contributed by atoms with van der Waals surface area (Å²) in [5.74, 6) is 0. The second-order valence-electron chi connectivity index (χ2n) is 3.45. The first-order valence-electron chi connectivity index (χ1n) is 4.72. The summed E-state index contributed by atoms with van der Waals surface area (Å²) in [4.78, 5) is 0. The molecular weight excluding hydrogens is 176 g/mol. The van der Waals surface area contributed by atoms with Crippen molar-refractivity contribution in [3.05, 3.63) is 35.9 Å². The van der Waals surface area contributed by atoms with Crippen LogP contribution < -0.4 is 0 Å².